The summed E-state index contributed by atoms with van der Waals surface area (Å²) in [5.74, 6) is -0.858. The minimum absolute atomic E-state index is 0.00283. The number of hydrogen-bond donors (Lipinski definition) is 2. The van der Waals surface area contributed by atoms with E-state index in [1.807, 2.05) is 76.1 Å². The van der Waals surface area contributed by atoms with E-state index in [1.165, 1.54) is 0 Å². The molecular weight excluding hydrogens is 304 g/mol. The van der Waals surface area contributed by atoms with Crippen LogP contribution in [0.25, 0.3) is 0 Å². The van der Waals surface area contributed by atoms with Crippen molar-refractivity contribution in [2.75, 3.05) is 46.2 Å². The Morgan fingerprint density at radius 3 is 1.83 bits per heavy atom. The molecule has 0 aromatic heterocycles. The van der Waals surface area contributed by atoms with Gasteiger partial charge in [0.2, 0.25) is 0 Å². The molecule has 0 radical (unpaired) electrons. The molecule has 1 atom stereocenters. The molecule has 0 saturated heterocycles. The summed E-state index contributed by atoms with van der Waals surface area (Å²) >= 11 is 0. The van der Waals surface area contributed by atoms with E-state index in [2.05, 4.69) is 10.6 Å². The van der Waals surface area contributed by atoms with Crippen LogP contribution < -0.4 is 15.5 Å². The van der Waals surface area contributed by atoms with E-state index in [0.717, 1.165) is 11.3 Å². The van der Waals surface area contributed by atoms with Crippen LogP contribution in [0, 0.1) is 5.92 Å². The lowest BCUT2D eigenvalue weighted by Crippen LogP contribution is -2.43. The normalized spacial score (nSPS) is 12.2. The number of carbonyl (C=O) groups excluding carboxylic acids is 2. The van der Waals surface area contributed by atoms with Crippen molar-refractivity contribution in [1.29, 1.82) is 0 Å². The van der Waals surface area contributed by atoms with Gasteiger partial charge in [-0.15, -0.1) is 0 Å². The number of carbonyl (C=O) groups is 2. The molecule has 0 aliphatic rings. The Bertz CT molecular complexity index is 538. The average Bonchev–Trinajstić information content (AvgIpc) is 2.52. The number of nitrogens with zero attached hydrogens (tertiary/aromatic N) is 2. The number of amides is 2. The molecule has 6 heteroatoms. The maximum Gasteiger partial charge on any atom is 0.309 e. The molecule has 134 valence electrons. The molecule has 0 aliphatic carbocycles. The number of rotatable bonds is 7. The molecule has 0 bridgehead atoms. The fraction of sp³-hybridized carbons (Fsp3) is 0.556. The fourth-order valence-electron chi connectivity index (χ4n) is 2.24. The highest BCUT2D eigenvalue weighted by atomic mass is 16.2. The second kappa shape index (κ2) is 9.27. The van der Waals surface area contributed by atoms with Crippen LogP contribution in [0.4, 0.5) is 5.69 Å². The molecule has 0 saturated carbocycles. The summed E-state index contributed by atoms with van der Waals surface area (Å²) in [7, 11) is 7.90. The van der Waals surface area contributed by atoms with Crippen molar-refractivity contribution in [2.45, 2.75) is 19.9 Å². The molecule has 0 fully saturated rings. The molecule has 0 aliphatic heterocycles. The highest BCUT2D eigenvalue weighted by Crippen LogP contribution is 2.20. The van der Waals surface area contributed by atoms with Gasteiger partial charge in [-0.1, -0.05) is 26.0 Å². The van der Waals surface area contributed by atoms with E-state index in [1.54, 1.807) is 0 Å². The standard InChI is InChI=1S/C18H30N4O2/c1-13(2)11-19-17(23)18(24)20-12-16(22(5)6)14-7-9-15(10-8-14)21(3)4/h7-10,13,16H,11-12H2,1-6H3,(H,19,23)(H,20,24). The van der Waals surface area contributed by atoms with Gasteiger partial charge in [-0.2, -0.15) is 0 Å². The van der Waals surface area contributed by atoms with E-state index < -0.39 is 11.8 Å². The zero-order valence-electron chi connectivity index (χ0n) is 15.6. The number of nitrogens with one attached hydrogen (secondary N) is 2. The molecule has 1 aromatic rings. The van der Waals surface area contributed by atoms with Gasteiger partial charge < -0.3 is 20.4 Å². The first kappa shape index (κ1) is 20.0. The lowest BCUT2D eigenvalue weighted by atomic mass is 10.1. The molecule has 6 nitrogen and oxygen atoms in total. The fourth-order valence-corrected chi connectivity index (χ4v) is 2.24. The van der Waals surface area contributed by atoms with Gasteiger partial charge in [-0.05, 0) is 37.7 Å². The monoisotopic (exact) mass is 334 g/mol. The molecular formula is C18H30N4O2. The molecule has 0 spiro atoms. The lowest BCUT2D eigenvalue weighted by molar-refractivity contribution is -0.139. The van der Waals surface area contributed by atoms with E-state index in [-0.39, 0.29) is 6.04 Å². The molecule has 24 heavy (non-hydrogen) atoms. The maximum absolute atomic E-state index is 11.9. The van der Waals surface area contributed by atoms with Crippen molar-refractivity contribution in [3.8, 4) is 0 Å². The number of benzene rings is 1. The van der Waals surface area contributed by atoms with Crippen molar-refractivity contribution in [1.82, 2.24) is 15.5 Å². The van der Waals surface area contributed by atoms with Crippen molar-refractivity contribution in [3.05, 3.63) is 29.8 Å². The Hall–Kier alpha value is -2.08. The zero-order valence-corrected chi connectivity index (χ0v) is 15.6. The van der Waals surface area contributed by atoms with Crippen LogP contribution in [-0.4, -0.2) is 58.0 Å². The van der Waals surface area contributed by atoms with Gasteiger partial charge in [0.05, 0.1) is 6.04 Å². The van der Waals surface area contributed by atoms with Gasteiger partial charge in [0, 0.05) is 32.9 Å². The Kier molecular flexibility index (Phi) is 7.71. The quantitative estimate of drug-likeness (QED) is 0.737. The second-order valence-electron chi connectivity index (χ2n) is 6.78. The Morgan fingerprint density at radius 2 is 1.42 bits per heavy atom. The molecule has 1 rings (SSSR count). The van der Waals surface area contributed by atoms with Gasteiger partial charge in [-0.25, -0.2) is 0 Å². The molecule has 2 amide bonds. The first-order valence-corrected chi connectivity index (χ1v) is 8.22. The van der Waals surface area contributed by atoms with E-state index in [9.17, 15) is 9.59 Å². The predicted octanol–water partition coefficient (Wildman–Crippen LogP) is 1.24. The summed E-state index contributed by atoms with van der Waals surface area (Å²) in [6.07, 6.45) is 0. The number of likely N-dealkylation sites (N-methyl/N-ethyl adjacent to an activating group) is 1. The van der Waals surface area contributed by atoms with Gasteiger partial charge >= 0.3 is 11.8 Å². The minimum Gasteiger partial charge on any atom is -0.378 e. The first-order valence-electron chi connectivity index (χ1n) is 8.22. The summed E-state index contributed by atoms with van der Waals surface area (Å²) in [6.45, 7) is 4.84. The summed E-state index contributed by atoms with van der Waals surface area (Å²) < 4.78 is 0. The lowest BCUT2D eigenvalue weighted by Gasteiger charge is -2.25. The third-order valence-corrected chi connectivity index (χ3v) is 3.75. The van der Waals surface area contributed by atoms with Crippen LogP contribution >= 0.6 is 0 Å². The SMILES string of the molecule is CC(C)CNC(=O)C(=O)NCC(c1ccc(N(C)C)cc1)N(C)C. The highest BCUT2D eigenvalue weighted by molar-refractivity contribution is 6.35. The maximum atomic E-state index is 11.9. The van der Waals surface area contributed by atoms with Crippen LogP contribution in [0.3, 0.4) is 0 Å². The Morgan fingerprint density at radius 1 is 0.917 bits per heavy atom. The van der Waals surface area contributed by atoms with Gasteiger partial charge in [-0.3, -0.25) is 9.59 Å². The van der Waals surface area contributed by atoms with E-state index >= 15 is 0 Å². The third kappa shape index (κ3) is 6.20. The average molecular weight is 334 g/mol. The second-order valence-corrected chi connectivity index (χ2v) is 6.78. The van der Waals surface area contributed by atoms with Crippen LogP contribution in [0.1, 0.15) is 25.5 Å². The number of hydrogen-bond acceptors (Lipinski definition) is 4. The van der Waals surface area contributed by atoms with Gasteiger partial charge in [0.15, 0.2) is 0 Å². The van der Waals surface area contributed by atoms with E-state index in [0.29, 0.717) is 19.0 Å². The van der Waals surface area contributed by atoms with Crippen molar-refractivity contribution >= 4 is 17.5 Å². The minimum atomic E-state index is -0.590. The van der Waals surface area contributed by atoms with E-state index in [4.69, 9.17) is 0 Å². The molecule has 2 N–H and O–H groups in total. The Labute approximate surface area is 145 Å². The molecule has 0 heterocycles. The highest BCUT2D eigenvalue weighted by Gasteiger charge is 2.18. The van der Waals surface area contributed by atoms with Crippen molar-refractivity contribution in [3.63, 3.8) is 0 Å². The first-order chi connectivity index (χ1) is 11.2. The summed E-state index contributed by atoms with van der Waals surface area (Å²) in [5.41, 5.74) is 2.21. The van der Waals surface area contributed by atoms with Gasteiger partial charge in [0.1, 0.15) is 0 Å². The topological polar surface area (TPSA) is 64.7 Å². The molecule has 1 aromatic carbocycles. The summed E-state index contributed by atoms with van der Waals surface area (Å²) in [4.78, 5) is 27.7. The van der Waals surface area contributed by atoms with Gasteiger partial charge in [0.25, 0.3) is 0 Å². The Balaban J connectivity index is 2.66. The number of anilines is 1. The van der Waals surface area contributed by atoms with Crippen LogP contribution in [-0.2, 0) is 9.59 Å². The van der Waals surface area contributed by atoms with Crippen LogP contribution in [0.2, 0.25) is 0 Å². The summed E-state index contributed by atoms with van der Waals surface area (Å²) in [6, 6.07) is 8.19. The van der Waals surface area contributed by atoms with Crippen molar-refractivity contribution < 1.29 is 9.59 Å². The summed E-state index contributed by atoms with van der Waals surface area (Å²) in [5, 5.41) is 5.34. The van der Waals surface area contributed by atoms with Crippen molar-refractivity contribution in [2.24, 2.45) is 5.92 Å². The zero-order chi connectivity index (χ0) is 18.3. The predicted molar refractivity (Wildman–Crippen MR) is 98.1 cm³/mol. The van der Waals surface area contributed by atoms with Crippen LogP contribution in [0.15, 0.2) is 24.3 Å². The third-order valence-electron chi connectivity index (χ3n) is 3.75. The van der Waals surface area contributed by atoms with Crippen LogP contribution in [0.5, 0.6) is 0 Å². The largest absolute Gasteiger partial charge is 0.378 e. The smallest absolute Gasteiger partial charge is 0.309 e. The molecule has 1 unspecified atom stereocenters.